The van der Waals surface area contributed by atoms with E-state index in [2.05, 4.69) is 5.43 Å². The van der Waals surface area contributed by atoms with E-state index in [-0.39, 0.29) is 24.2 Å². The van der Waals surface area contributed by atoms with Gasteiger partial charge in [-0.15, -0.1) is 0 Å². The van der Waals surface area contributed by atoms with Gasteiger partial charge in [0.25, 0.3) is 0 Å². The molecule has 0 aromatic heterocycles. The largest absolute Gasteiger partial charge is 0.494 e. The summed E-state index contributed by atoms with van der Waals surface area (Å²) in [6.45, 7) is 3.07. The third-order valence-electron chi connectivity index (χ3n) is 3.26. The van der Waals surface area contributed by atoms with E-state index < -0.39 is 0 Å². The van der Waals surface area contributed by atoms with Gasteiger partial charge in [0.05, 0.1) is 12.5 Å². The van der Waals surface area contributed by atoms with Crippen molar-refractivity contribution in [3.63, 3.8) is 0 Å². The van der Waals surface area contributed by atoms with E-state index in [0.717, 1.165) is 17.9 Å². The van der Waals surface area contributed by atoms with Gasteiger partial charge in [0.2, 0.25) is 11.8 Å². The van der Waals surface area contributed by atoms with Crippen molar-refractivity contribution < 1.29 is 14.3 Å². The first-order valence-electron chi connectivity index (χ1n) is 6.69. The second-order valence-electron chi connectivity index (χ2n) is 4.76. The molecule has 1 aromatic carbocycles. The van der Waals surface area contributed by atoms with Crippen molar-refractivity contribution in [2.24, 2.45) is 11.8 Å². The quantitative estimate of drug-likeness (QED) is 0.474. The van der Waals surface area contributed by atoms with Crippen molar-refractivity contribution in [2.75, 3.05) is 18.1 Å². The van der Waals surface area contributed by atoms with Crippen molar-refractivity contribution >= 4 is 17.5 Å². The molecule has 1 atom stereocenters. The maximum atomic E-state index is 11.9. The van der Waals surface area contributed by atoms with E-state index in [4.69, 9.17) is 10.6 Å². The highest BCUT2D eigenvalue weighted by Gasteiger charge is 2.34. The van der Waals surface area contributed by atoms with Crippen LogP contribution in [-0.4, -0.2) is 25.0 Å². The molecule has 1 heterocycles. The lowest BCUT2D eigenvalue weighted by Crippen LogP contribution is -2.37. The van der Waals surface area contributed by atoms with Gasteiger partial charge in [-0.2, -0.15) is 0 Å². The molecule has 1 aliphatic heterocycles. The summed E-state index contributed by atoms with van der Waals surface area (Å²) in [6.07, 6.45) is 1.14. The molecule has 108 valence electrons. The van der Waals surface area contributed by atoms with E-state index in [1.54, 1.807) is 4.90 Å². The van der Waals surface area contributed by atoms with Gasteiger partial charge in [0, 0.05) is 18.7 Å². The number of benzene rings is 1. The highest BCUT2D eigenvalue weighted by Crippen LogP contribution is 2.26. The molecule has 0 bridgehead atoms. The number of anilines is 1. The SMILES string of the molecule is CCCOc1ccc(N2C[C@H](C(=O)NN)CC2=O)cc1. The minimum atomic E-state index is -0.386. The molecule has 0 saturated carbocycles. The second kappa shape index (κ2) is 6.38. The molecule has 3 N–H and O–H groups in total. The van der Waals surface area contributed by atoms with Crippen LogP contribution in [0.3, 0.4) is 0 Å². The summed E-state index contributed by atoms with van der Waals surface area (Å²) in [5, 5.41) is 0. The normalized spacial score (nSPS) is 18.2. The molecule has 20 heavy (non-hydrogen) atoms. The number of hydrazine groups is 1. The van der Waals surface area contributed by atoms with Crippen LogP contribution in [0.25, 0.3) is 0 Å². The number of hydrogen-bond acceptors (Lipinski definition) is 4. The number of amides is 2. The van der Waals surface area contributed by atoms with E-state index in [9.17, 15) is 9.59 Å². The lowest BCUT2D eigenvalue weighted by atomic mass is 10.1. The fourth-order valence-electron chi connectivity index (χ4n) is 2.19. The van der Waals surface area contributed by atoms with Crippen LogP contribution in [0, 0.1) is 5.92 Å². The summed E-state index contributed by atoms with van der Waals surface area (Å²) in [4.78, 5) is 25.0. The predicted molar refractivity (Wildman–Crippen MR) is 75.0 cm³/mol. The molecule has 1 fully saturated rings. The highest BCUT2D eigenvalue weighted by molar-refractivity contribution is 6.00. The number of nitrogens with one attached hydrogen (secondary N) is 1. The smallest absolute Gasteiger partial charge is 0.239 e. The Bertz CT molecular complexity index is 487. The molecular weight excluding hydrogens is 258 g/mol. The van der Waals surface area contributed by atoms with Gasteiger partial charge in [-0.25, -0.2) is 5.84 Å². The van der Waals surface area contributed by atoms with Crippen LogP contribution in [0.15, 0.2) is 24.3 Å². The average molecular weight is 277 g/mol. The van der Waals surface area contributed by atoms with Crippen LogP contribution in [0.4, 0.5) is 5.69 Å². The topological polar surface area (TPSA) is 84.7 Å². The van der Waals surface area contributed by atoms with Crippen LogP contribution >= 0.6 is 0 Å². The third kappa shape index (κ3) is 3.08. The monoisotopic (exact) mass is 277 g/mol. The highest BCUT2D eigenvalue weighted by atomic mass is 16.5. The summed E-state index contributed by atoms with van der Waals surface area (Å²) in [7, 11) is 0. The number of nitrogens with zero attached hydrogens (tertiary/aromatic N) is 1. The molecule has 0 radical (unpaired) electrons. The standard InChI is InChI=1S/C14H19N3O3/c1-2-7-20-12-5-3-11(4-6-12)17-9-10(8-13(17)18)14(19)16-15/h3-6,10H,2,7-9,15H2,1H3,(H,16,19)/t10-/m1/s1. The fraction of sp³-hybridized carbons (Fsp3) is 0.429. The van der Waals surface area contributed by atoms with Crippen LogP contribution in [0.2, 0.25) is 0 Å². The number of carbonyl (C=O) groups excluding carboxylic acids is 2. The number of ether oxygens (including phenoxy) is 1. The van der Waals surface area contributed by atoms with Crippen molar-refractivity contribution in [3.05, 3.63) is 24.3 Å². The first kappa shape index (κ1) is 14.3. The Morgan fingerprint density at radius 3 is 2.75 bits per heavy atom. The number of hydrogen-bond donors (Lipinski definition) is 2. The van der Waals surface area contributed by atoms with Gasteiger partial charge >= 0.3 is 0 Å². The number of nitrogens with two attached hydrogens (primary N) is 1. The zero-order chi connectivity index (χ0) is 14.5. The Labute approximate surface area is 117 Å². The van der Waals surface area contributed by atoms with E-state index in [0.29, 0.717) is 13.2 Å². The zero-order valence-electron chi connectivity index (χ0n) is 11.5. The summed E-state index contributed by atoms with van der Waals surface area (Å²) < 4.78 is 5.49. The first-order valence-corrected chi connectivity index (χ1v) is 6.69. The summed E-state index contributed by atoms with van der Waals surface area (Å²) in [6, 6.07) is 7.31. The molecule has 1 aromatic rings. The van der Waals surface area contributed by atoms with Crippen LogP contribution in [0.1, 0.15) is 19.8 Å². The van der Waals surface area contributed by atoms with E-state index in [1.807, 2.05) is 31.2 Å². The van der Waals surface area contributed by atoms with E-state index in [1.165, 1.54) is 0 Å². The zero-order valence-corrected chi connectivity index (χ0v) is 11.5. The Kier molecular flexibility index (Phi) is 4.57. The molecule has 6 nitrogen and oxygen atoms in total. The van der Waals surface area contributed by atoms with Gasteiger partial charge < -0.3 is 9.64 Å². The van der Waals surface area contributed by atoms with Gasteiger partial charge in [-0.1, -0.05) is 6.92 Å². The molecule has 1 aliphatic rings. The van der Waals surface area contributed by atoms with Gasteiger partial charge in [-0.3, -0.25) is 15.0 Å². The van der Waals surface area contributed by atoms with Gasteiger partial charge in [0.15, 0.2) is 0 Å². The molecule has 0 unspecified atom stereocenters. The summed E-state index contributed by atoms with van der Waals surface area (Å²) in [5.41, 5.74) is 2.86. The van der Waals surface area contributed by atoms with Gasteiger partial charge in [0.1, 0.15) is 5.75 Å². The average Bonchev–Trinajstić information content (AvgIpc) is 2.87. The van der Waals surface area contributed by atoms with E-state index >= 15 is 0 Å². The Balaban J connectivity index is 2.04. The minimum absolute atomic E-state index is 0.0687. The summed E-state index contributed by atoms with van der Waals surface area (Å²) in [5.74, 6) is 5.12. The molecule has 2 rings (SSSR count). The molecular formula is C14H19N3O3. The fourth-order valence-corrected chi connectivity index (χ4v) is 2.19. The minimum Gasteiger partial charge on any atom is -0.494 e. The maximum Gasteiger partial charge on any atom is 0.239 e. The summed E-state index contributed by atoms with van der Waals surface area (Å²) >= 11 is 0. The molecule has 0 spiro atoms. The van der Waals surface area contributed by atoms with Crippen LogP contribution < -0.4 is 20.9 Å². The lowest BCUT2D eigenvalue weighted by Gasteiger charge is -2.17. The second-order valence-corrected chi connectivity index (χ2v) is 4.76. The maximum absolute atomic E-state index is 11.9. The number of carbonyl (C=O) groups is 2. The van der Waals surface area contributed by atoms with Gasteiger partial charge in [-0.05, 0) is 30.7 Å². The molecule has 1 saturated heterocycles. The lowest BCUT2D eigenvalue weighted by molar-refractivity contribution is -0.126. The molecule has 2 amide bonds. The third-order valence-corrected chi connectivity index (χ3v) is 3.26. The van der Waals surface area contributed by atoms with Crippen LogP contribution in [0.5, 0.6) is 5.75 Å². The Hall–Kier alpha value is -2.08. The van der Waals surface area contributed by atoms with Crippen molar-refractivity contribution in [2.45, 2.75) is 19.8 Å². The van der Waals surface area contributed by atoms with Crippen molar-refractivity contribution in [1.29, 1.82) is 0 Å². The Morgan fingerprint density at radius 2 is 2.15 bits per heavy atom. The van der Waals surface area contributed by atoms with Crippen molar-refractivity contribution in [3.8, 4) is 5.75 Å². The molecule has 0 aliphatic carbocycles. The predicted octanol–water partition coefficient (Wildman–Crippen LogP) is 0.818. The van der Waals surface area contributed by atoms with Crippen LogP contribution in [-0.2, 0) is 9.59 Å². The molecule has 6 heteroatoms. The first-order chi connectivity index (χ1) is 9.65. The number of rotatable bonds is 5. The van der Waals surface area contributed by atoms with Crippen molar-refractivity contribution in [1.82, 2.24) is 5.43 Å². The Morgan fingerprint density at radius 1 is 1.45 bits per heavy atom.